The fourth-order valence-corrected chi connectivity index (χ4v) is 2.95. The summed E-state index contributed by atoms with van der Waals surface area (Å²) < 4.78 is 38.1. The maximum absolute atomic E-state index is 12.7. The van der Waals surface area contributed by atoms with Crippen molar-refractivity contribution in [3.8, 4) is 0 Å². The zero-order valence-corrected chi connectivity index (χ0v) is 12.2. The summed E-state index contributed by atoms with van der Waals surface area (Å²) in [5.41, 5.74) is -0.412. The predicted octanol–water partition coefficient (Wildman–Crippen LogP) is 4.49. The van der Waals surface area contributed by atoms with Crippen molar-refractivity contribution >= 4 is 17.7 Å². The third-order valence-corrected chi connectivity index (χ3v) is 4.17. The van der Waals surface area contributed by atoms with E-state index >= 15 is 0 Å². The Balaban J connectivity index is 2.16. The molecule has 0 saturated heterocycles. The first-order valence-electron chi connectivity index (χ1n) is 6.47. The normalized spacial score (nSPS) is 12.9. The van der Waals surface area contributed by atoms with Crippen molar-refractivity contribution in [1.82, 2.24) is 0 Å². The Morgan fingerprint density at radius 2 is 1.77 bits per heavy atom. The van der Waals surface area contributed by atoms with Crippen molar-refractivity contribution in [2.75, 3.05) is 0 Å². The summed E-state index contributed by atoms with van der Waals surface area (Å²) in [5, 5.41) is 8.44. The van der Waals surface area contributed by atoms with Crippen LogP contribution in [0.25, 0.3) is 0 Å². The molecule has 0 saturated carbocycles. The van der Waals surface area contributed by atoms with E-state index in [2.05, 4.69) is 0 Å². The van der Waals surface area contributed by atoms with Crippen LogP contribution in [-0.2, 0) is 17.4 Å². The summed E-state index contributed by atoms with van der Waals surface area (Å²) in [6.07, 6.45) is -4.40. The highest BCUT2D eigenvalue weighted by atomic mass is 32.2. The predicted molar refractivity (Wildman–Crippen MR) is 78.9 cm³/mol. The maximum Gasteiger partial charge on any atom is 0.416 e. The highest BCUT2D eigenvalue weighted by molar-refractivity contribution is 8.00. The molecule has 0 aromatic heterocycles. The van der Waals surface area contributed by atoms with Gasteiger partial charge in [0.25, 0.3) is 0 Å². The molecule has 1 atom stereocenters. The molecule has 2 rings (SSSR count). The molecular formula is C16H13F3O2S. The molecule has 0 bridgehead atoms. The highest BCUT2D eigenvalue weighted by Gasteiger charge is 2.30. The smallest absolute Gasteiger partial charge is 0.416 e. The Labute approximate surface area is 130 Å². The fraction of sp³-hybridized carbons (Fsp3) is 0.188. The van der Waals surface area contributed by atoms with E-state index in [1.165, 1.54) is 12.1 Å². The molecule has 0 heterocycles. The molecule has 2 aromatic rings. The second-order valence-electron chi connectivity index (χ2n) is 4.66. The first kappa shape index (κ1) is 16.4. The Hall–Kier alpha value is -1.95. The first-order chi connectivity index (χ1) is 10.4. The third kappa shape index (κ3) is 4.53. The summed E-state index contributed by atoms with van der Waals surface area (Å²) in [6.45, 7) is 0. The number of halogens is 3. The molecule has 116 valence electrons. The van der Waals surface area contributed by atoms with Gasteiger partial charge in [0, 0.05) is 4.90 Å². The summed E-state index contributed by atoms with van der Waals surface area (Å²) >= 11 is 1.12. The molecule has 6 heteroatoms. The SMILES string of the molecule is O=C(O)[C@@H](Cc1cccc(C(F)(F)F)c1)Sc1ccccc1. The Bertz CT molecular complexity index is 641. The van der Waals surface area contributed by atoms with Crippen LogP contribution in [0, 0.1) is 0 Å². The average molecular weight is 326 g/mol. The van der Waals surface area contributed by atoms with Crippen LogP contribution in [-0.4, -0.2) is 16.3 Å². The number of thioether (sulfide) groups is 1. The number of rotatable bonds is 5. The lowest BCUT2D eigenvalue weighted by Crippen LogP contribution is -2.19. The van der Waals surface area contributed by atoms with Gasteiger partial charge in [0.05, 0.1) is 5.56 Å². The lowest BCUT2D eigenvalue weighted by Gasteiger charge is -2.14. The molecule has 0 unspecified atom stereocenters. The molecule has 1 N–H and O–H groups in total. The molecular weight excluding hydrogens is 313 g/mol. The van der Waals surface area contributed by atoms with E-state index in [0.29, 0.717) is 5.56 Å². The minimum atomic E-state index is -4.43. The van der Waals surface area contributed by atoms with E-state index in [9.17, 15) is 23.1 Å². The Morgan fingerprint density at radius 3 is 2.36 bits per heavy atom. The Morgan fingerprint density at radius 1 is 1.09 bits per heavy atom. The molecule has 2 nitrogen and oxygen atoms in total. The van der Waals surface area contributed by atoms with Gasteiger partial charge in [-0.2, -0.15) is 13.2 Å². The molecule has 0 fully saturated rings. The van der Waals surface area contributed by atoms with E-state index in [-0.39, 0.29) is 6.42 Å². The van der Waals surface area contributed by atoms with E-state index in [4.69, 9.17) is 0 Å². The zero-order valence-electron chi connectivity index (χ0n) is 11.4. The number of hydrogen-bond donors (Lipinski definition) is 1. The quantitative estimate of drug-likeness (QED) is 0.822. The van der Waals surface area contributed by atoms with Gasteiger partial charge in [-0.05, 0) is 30.2 Å². The summed E-state index contributed by atoms with van der Waals surface area (Å²) in [7, 11) is 0. The molecule has 0 radical (unpaired) electrons. The average Bonchev–Trinajstić information content (AvgIpc) is 2.47. The summed E-state index contributed by atoms with van der Waals surface area (Å²) in [4.78, 5) is 12.1. The van der Waals surface area contributed by atoms with E-state index in [1.54, 1.807) is 24.3 Å². The van der Waals surface area contributed by atoms with Crippen LogP contribution in [0.3, 0.4) is 0 Å². The maximum atomic E-state index is 12.7. The monoisotopic (exact) mass is 326 g/mol. The largest absolute Gasteiger partial charge is 0.480 e. The van der Waals surface area contributed by atoms with Gasteiger partial charge < -0.3 is 5.11 Å². The molecule has 0 aliphatic heterocycles. The van der Waals surface area contributed by atoms with Crippen LogP contribution in [0.2, 0.25) is 0 Å². The lowest BCUT2D eigenvalue weighted by atomic mass is 10.1. The zero-order chi connectivity index (χ0) is 16.2. The van der Waals surface area contributed by atoms with E-state index in [0.717, 1.165) is 28.8 Å². The summed E-state index contributed by atoms with van der Waals surface area (Å²) in [5.74, 6) is -1.05. The molecule has 0 spiro atoms. The molecule has 22 heavy (non-hydrogen) atoms. The van der Waals surface area contributed by atoms with Gasteiger partial charge in [-0.25, -0.2) is 0 Å². The topological polar surface area (TPSA) is 37.3 Å². The van der Waals surface area contributed by atoms with Gasteiger partial charge in [0.15, 0.2) is 0 Å². The van der Waals surface area contributed by atoms with Crippen LogP contribution in [0.1, 0.15) is 11.1 Å². The van der Waals surface area contributed by atoms with Crippen LogP contribution in [0.4, 0.5) is 13.2 Å². The van der Waals surface area contributed by atoms with E-state index in [1.807, 2.05) is 6.07 Å². The van der Waals surface area contributed by atoms with Crippen LogP contribution in [0.15, 0.2) is 59.5 Å². The van der Waals surface area contributed by atoms with Crippen molar-refractivity contribution in [3.05, 3.63) is 65.7 Å². The van der Waals surface area contributed by atoms with Gasteiger partial charge in [0.2, 0.25) is 0 Å². The number of carboxylic acids is 1. The van der Waals surface area contributed by atoms with Crippen LogP contribution in [0.5, 0.6) is 0 Å². The first-order valence-corrected chi connectivity index (χ1v) is 7.35. The standard InChI is InChI=1S/C16H13F3O2S/c17-16(18,19)12-6-4-5-11(9-12)10-14(15(20)21)22-13-7-2-1-3-8-13/h1-9,14H,10H2,(H,20,21)/t14-/m1/s1. The van der Waals surface area contributed by atoms with Crippen molar-refractivity contribution < 1.29 is 23.1 Å². The second kappa shape index (κ2) is 6.87. The highest BCUT2D eigenvalue weighted by Crippen LogP contribution is 2.31. The number of aliphatic carboxylic acids is 1. The van der Waals surface area contributed by atoms with Gasteiger partial charge >= 0.3 is 12.1 Å². The van der Waals surface area contributed by atoms with Crippen LogP contribution < -0.4 is 0 Å². The van der Waals surface area contributed by atoms with Crippen LogP contribution >= 0.6 is 11.8 Å². The number of carboxylic acid groups (broad SMARTS) is 1. The molecule has 0 aliphatic rings. The molecule has 0 aliphatic carbocycles. The van der Waals surface area contributed by atoms with Gasteiger partial charge in [0.1, 0.15) is 5.25 Å². The third-order valence-electron chi connectivity index (χ3n) is 2.97. The van der Waals surface area contributed by atoms with Crippen molar-refractivity contribution in [2.24, 2.45) is 0 Å². The lowest BCUT2D eigenvalue weighted by molar-refractivity contribution is -0.137. The van der Waals surface area contributed by atoms with E-state index < -0.39 is 23.0 Å². The minimum absolute atomic E-state index is 0.0266. The number of carbonyl (C=O) groups is 1. The molecule has 2 aromatic carbocycles. The van der Waals surface area contributed by atoms with Gasteiger partial charge in [-0.3, -0.25) is 4.79 Å². The minimum Gasteiger partial charge on any atom is -0.480 e. The number of hydrogen-bond acceptors (Lipinski definition) is 2. The second-order valence-corrected chi connectivity index (χ2v) is 5.94. The number of alkyl halides is 3. The Kier molecular flexibility index (Phi) is 5.13. The summed E-state index contributed by atoms with van der Waals surface area (Å²) in [6, 6.07) is 13.7. The van der Waals surface area contributed by atoms with Crippen molar-refractivity contribution in [3.63, 3.8) is 0 Å². The fourth-order valence-electron chi connectivity index (χ4n) is 1.93. The van der Waals surface area contributed by atoms with Crippen molar-refractivity contribution in [2.45, 2.75) is 22.7 Å². The number of benzene rings is 2. The molecule has 0 amide bonds. The van der Waals surface area contributed by atoms with Gasteiger partial charge in [-0.15, -0.1) is 11.8 Å². The van der Waals surface area contributed by atoms with Gasteiger partial charge in [-0.1, -0.05) is 36.4 Å². The van der Waals surface area contributed by atoms with Crippen molar-refractivity contribution in [1.29, 1.82) is 0 Å².